The van der Waals surface area contributed by atoms with Gasteiger partial charge in [0.05, 0.1) is 6.61 Å². The number of hydrogen-bond donors (Lipinski definition) is 2. The lowest BCUT2D eigenvalue weighted by Crippen LogP contribution is -2.45. The molecule has 1 heterocycles. The summed E-state index contributed by atoms with van der Waals surface area (Å²) in [5.41, 5.74) is 0. The average Bonchev–Trinajstić information content (AvgIpc) is 2.73. The summed E-state index contributed by atoms with van der Waals surface area (Å²) in [5.74, 6) is 0. The van der Waals surface area contributed by atoms with E-state index in [1.807, 2.05) is 0 Å². The van der Waals surface area contributed by atoms with Gasteiger partial charge in [0.1, 0.15) is 0 Å². The van der Waals surface area contributed by atoms with Gasteiger partial charge >= 0.3 is 6.03 Å². The highest BCUT2D eigenvalue weighted by atomic mass is 16.5. The predicted molar refractivity (Wildman–Crippen MR) is 79.9 cm³/mol. The van der Waals surface area contributed by atoms with E-state index in [1.165, 1.54) is 38.5 Å². The van der Waals surface area contributed by atoms with Gasteiger partial charge in [-0.05, 0) is 19.3 Å². The van der Waals surface area contributed by atoms with Gasteiger partial charge in [0.25, 0.3) is 0 Å². The molecule has 0 aromatic heterocycles. The number of likely N-dealkylation sites (tertiary alicyclic amines) is 1. The number of rotatable bonds is 5. The summed E-state index contributed by atoms with van der Waals surface area (Å²) < 4.78 is 4.92. The molecule has 2 fully saturated rings. The van der Waals surface area contributed by atoms with Gasteiger partial charge in [0.2, 0.25) is 0 Å². The minimum Gasteiger partial charge on any atom is -0.383 e. The van der Waals surface area contributed by atoms with Crippen LogP contribution in [0.4, 0.5) is 4.79 Å². The number of hydrogen-bond acceptors (Lipinski definition) is 3. The topological polar surface area (TPSA) is 53.6 Å². The fraction of sp³-hybridized carbons (Fsp3) is 0.933. The number of amides is 2. The summed E-state index contributed by atoms with van der Waals surface area (Å²) in [5, 5.41) is 5.90. The van der Waals surface area contributed by atoms with Crippen LogP contribution in [0.5, 0.6) is 0 Å². The van der Waals surface area contributed by atoms with Crippen LogP contribution in [0, 0.1) is 0 Å². The van der Waals surface area contributed by atoms with Crippen LogP contribution in [-0.4, -0.2) is 56.4 Å². The molecule has 5 heteroatoms. The third kappa shape index (κ3) is 4.94. The molecular weight excluding hydrogens is 254 g/mol. The molecule has 1 saturated heterocycles. The van der Waals surface area contributed by atoms with E-state index in [9.17, 15) is 4.79 Å². The number of nitrogens with one attached hydrogen (secondary N) is 2. The Morgan fingerprint density at radius 1 is 1.20 bits per heavy atom. The van der Waals surface area contributed by atoms with Gasteiger partial charge in [0, 0.05) is 38.8 Å². The second-order valence-corrected chi connectivity index (χ2v) is 6.02. The monoisotopic (exact) mass is 283 g/mol. The number of nitrogens with zero attached hydrogens (tertiary/aromatic N) is 1. The molecule has 1 unspecified atom stereocenters. The highest BCUT2D eigenvalue weighted by Gasteiger charge is 2.29. The molecule has 2 amide bonds. The van der Waals surface area contributed by atoms with E-state index in [-0.39, 0.29) is 6.03 Å². The second-order valence-electron chi connectivity index (χ2n) is 6.02. The van der Waals surface area contributed by atoms with Crippen LogP contribution in [0.25, 0.3) is 0 Å². The van der Waals surface area contributed by atoms with Crippen LogP contribution in [0.3, 0.4) is 0 Å². The van der Waals surface area contributed by atoms with Crippen molar-refractivity contribution in [1.82, 2.24) is 15.5 Å². The average molecular weight is 283 g/mol. The van der Waals surface area contributed by atoms with Crippen LogP contribution in [0.2, 0.25) is 0 Å². The van der Waals surface area contributed by atoms with Crippen molar-refractivity contribution in [2.24, 2.45) is 0 Å². The van der Waals surface area contributed by atoms with Crippen LogP contribution in [0.15, 0.2) is 0 Å². The molecule has 2 rings (SSSR count). The SMILES string of the molecule is COCCNC(=O)NC1CCN(C2CCCCCC2)C1. The number of ether oxygens (including phenoxy) is 1. The highest BCUT2D eigenvalue weighted by molar-refractivity contribution is 5.74. The first-order valence-electron chi connectivity index (χ1n) is 8.07. The van der Waals surface area contributed by atoms with E-state index >= 15 is 0 Å². The molecule has 5 nitrogen and oxygen atoms in total. The zero-order chi connectivity index (χ0) is 14.2. The van der Waals surface area contributed by atoms with E-state index in [1.54, 1.807) is 7.11 Å². The number of carbonyl (C=O) groups excluding carboxylic acids is 1. The van der Waals surface area contributed by atoms with E-state index in [0.29, 0.717) is 19.2 Å². The molecule has 1 atom stereocenters. The third-order valence-electron chi connectivity index (χ3n) is 4.49. The first kappa shape index (κ1) is 15.6. The molecule has 0 bridgehead atoms. The minimum atomic E-state index is -0.0604. The summed E-state index contributed by atoms with van der Waals surface area (Å²) in [7, 11) is 1.64. The van der Waals surface area contributed by atoms with E-state index in [0.717, 1.165) is 25.6 Å². The maximum absolute atomic E-state index is 11.7. The molecule has 0 radical (unpaired) electrons. The van der Waals surface area contributed by atoms with E-state index < -0.39 is 0 Å². The fourth-order valence-electron chi connectivity index (χ4n) is 3.36. The van der Waals surface area contributed by atoms with Gasteiger partial charge in [-0.25, -0.2) is 4.79 Å². The molecule has 20 heavy (non-hydrogen) atoms. The molecule has 1 aliphatic carbocycles. The van der Waals surface area contributed by atoms with Crippen molar-refractivity contribution in [2.75, 3.05) is 33.4 Å². The van der Waals surface area contributed by atoms with Gasteiger partial charge in [-0.3, -0.25) is 4.90 Å². The largest absolute Gasteiger partial charge is 0.383 e. The number of carbonyl (C=O) groups is 1. The zero-order valence-corrected chi connectivity index (χ0v) is 12.7. The Bertz CT molecular complexity index is 291. The normalized spacial score (nSPS) is 25.4. The smallest absolute Gasteiger partial charge is 0.315 e. The summed E-state index contributed by atoms with van der Waals surface area (Å²) in [6.45, 7) is 3.28. The van der Waals surface area contributed by atoms with Crippen molar-refractivity contribution in [2.45, 2.75) is 57.0 Å². The Labute approximate surface area is 122 Å². The quantitative estimate of drug-likeness (QED) is 0.597. The summed E-state index contributed by atoms with van der Waals surface area (Å²) in [6, 6.07) is 0.997. The summed E-state index contributed by atoms with van der Waals surface area (Å²) >= 11 is 0. The molecule has 2 aliphatic rings. The van der Waals surface area contributed by atoms with Crippen molar-refractivity contribution in [3.05, 3.63) is 0 Å². The minimum absolute atomic E-state index is 0.0604. The Balaban J connectivity index is 1.67. The Kier molecular flexibility index (Phi) is 6.60. The van der Waals surface area contributed by atoms with Crippen molar-refractivity contribution in [3.63, 3.8) is 0 Å². The first-order valence-corrected chi connectivity index (χ1v) is 8.07. The molecular formula is C15H29N3O2. The number of urea groups is 1. The molecule has 1 saturated carbocycles. The Morgan fingerprint density at radius 3 is 2.65 bits per heavy atom. The van der Waals surface area contributed by atoms with Crippen LogP contribution >= 0.6 is 0 Å². The molecule has 116 valence electrons. The summed E-state index contributed by atoms with van der Waals surface area (Å²) in [4.78, 5) is 14.3. The molecule has 0 spiro atoms. The third-order valence-corrected chi connectivity index (χ3v) is 4.49. The van der Waals surface area contributed by atoms with Gasteiger partial charge in [-0.2, -0.15) is 0 Å². The molecule has 0 aromatic rings. The molecule has 1 aliphatic heterocycles. The van der Waals surface area contributed by atoms with Crippen LogP contribution in [0.1, 0.15) is 44.9 Å². The van der Waals surface area contributed by atoms with Gasteiger partial charge in [0.15, 0.2) is 0 Å². The van der Waals surface area contributed by atoms with Gasteiger partial charge in [-0.1, -0.05) is 25.7 Å². The molecule has 2 N–H and O–H groups in total. The maximum Gasteiger partial charge on any atom is 0.315 e. The van der Waals surface area contributed by atoms with Crippen molar-refractivity contribution < 1.29 is 9.53 Å². The number of methoxy groups -OCH3 is 1. The van der Waals surface area contributed by atoms with Gasteiger partial charge in [-0.15, -0.1) is 0 Å². The zero-order valence-electron chi connectivity index (χ0n) is 12.7. The lowest BCUT2D eigenvalue weighted by Gasteiger charge is -2.26. The van der Waals surface area contributed by atoms with Crippen molar-refractivity contribution in [1.29, 1.82) is 0 Å². The maximum atomic E-state index is 11.7. The van der Waals surface area contributed by atoms with Crippen molar-refractivity contribution in [3.8, 4) is 0 Å². The summed E-state index contributed by atoms with van der Waals surface area (Å²) in [6.07, 6.45) is 9.29. The van der Waals surface area contributed by atoms with E-state index in [2.05, 4.69) is 15.5 Å². The lowest BCUT2D eigenvalue weighted by molar-refractivity contribution is 0.194. The lowest BCUT2D eigenvalue weighted by atomic mass is 10.1. The van der Waals surface area contributed by atoms with Crippen LogP contribution < -0.4 is 10.6 Å². The fourth-order valence-corrected chi connectivity index (χ4v) is 3.36. The van der Waals surface area contributed by atoms with Crippen molar-refractivity contribution >= 4 is 6.03 Å². The first-order chi connectivity index (χ1) is 9.79. The second kappa shape index (κ2) is 8.47. The Morgan fingerprint density at radius 2 is 1.95 bits per heavy atom. The Hall–Kier alpha value is -0.810. The highest BCUT2D eigenvalue weighted by Crippen LogP contribution is 2.24. The van der Waals surface area contributed by atoms with Crippen LogP contribution in [-0.2, 0) is 4.74 Å². The van der Waals surface area contributed by atoms with E-state index in [4.69, 9.17) is 4.74 Å². The van der Waals surface area contributed by atoms with Gasteiger partial charge < -0.3 is 15.4 Å². The predicted octanol–water partition coefficient (Wildman–Crippen LogP) is 1.73. The standard InChI is InChI=1S/C15H29N3O2/c1-20-11-9-16-15(19)17-13-8-10-18(12-13)14-6-4-2-3-5-7-14/h13-14H,2-12H2,1H3,(H2,16,17,19). The molecule has 0 aromatic carbocycles.